The number of fused-ring (bicyclic) bond motifs is 1. The molecule has 0 unspecified atom stereocenters. The smallest absolute Gasteiger partial charge is 0.246 e. The number of benzene rings is 2. The Kier molecular flexibility index (Phi) is 4.66. The van der Waals surface area contributed by atoms with Crippen LogP contribution in [0.1, 0.15) is 30.0 Å². The molecule has 0 N–H and O–H groups in total. The van der Waals surface area contributed by atoms with Crippen LogP contribution in [0.15, 0.2) is 48.5 Å². The van der Waals surface area contributed by atoms with E-state index in [0.29, 0.717) is 11.4 Å². The summed E-state index contributed by atoms with van der Waals surface area (Å²) in [6.07, 6.45) is 3.07. The van der Waals surface area contributed by atoms with Crippen molar-refractivity contribution >= 4 is 5.91 Å². The summed E-state index contributed by atoms with van der Waals surface area (Å²) < 4.78 is 13.0. The van der Waals surface area contributed by atoms with E-state index < -0.39 is 0 Å². The van der Waals surface area contributed by atoms with Gasteiger partial charge in [-0.2, -0.15) is 4.80 Å². The molecule has 0 fully saturated rings. The summed E-state index contributed by atoms with van der Waals surface area (Å²) in [7, 11) is 1.83. The number of carbonyl (C=O) groups excluding carboxylic acids is 1. The van der Waals surface area contributed by atoms with Crippen molar-refractivity contribution in [3.05, 3.63) is 65.5 Å². The number of nitrogens with zero attached hydrogens (tertiary/aromatic N) is 5. The number of rotatable bonds is 4. The highest BCUT2D eigenvalue weighted by molar-refractivity contribution is 5.76. The summed E-state index contributed by atoms with van der Waals surface area (Å²) in [6.45, 7) is 0.0172. The molecular weight excluding hydrogens is 345 g/mol. The highest BCUT2D eigenvalue weighted by Gasteiger charge is 2.26. The molecule has 0 saturated heterocycles. The van der Waals surface area contributed by atoms with Gasteiger partial charge in [-0.3, -0.25) is 4.79 Å². The van der Waals surface area contributed by atoms with E-state index in [9.17, 15) is 9.18 Å². The first-order chi connectivity index (χ1) is 13.1. The van der Waals surface area contributed by atoms with Gasteiger partial charge in [0.1, 0.15) is 12.4 Å². The van der Waals surface area contributed by atoms with Gasteiger partial charge in [-0.05, 0) is 59.9 Å². The van der Waals surface area contributed by atoms with E-state index in [1.807, 2.05) is 19.2 Å². The number of carbonyl (C=O) groups is 1. The zero-order valence-electron chi connectivity index (χ0n) is 15.0. The van der Waals surface area contributed by atoms with Crippen molar-refractivity contribution in [2.24, 2.45) is 0 Å². The Labute approximate surface area is 156 Å². The Bertz CT molecular complexity index is 953. The van der Waals surface area contributed by atoms with Crippen LogP contribution in [-0.4, -0.2) is 38.1 Å². The first kappa shape index (κ1) is 17.3. The van der Waals surface area contributed by atoms with Crippen LogP contribution in [0.4, 0.5) is 4.39 Å². The molecule has 2 aromatic carbocycles. The average molecular weight is 365 g/mol. The van der Waals surface area contributed by atoms with E-state index in [1.54, 1.807) is 17.0 Å². The molecule has 27 heavy (non-hydrogen) atoms. The van der Waals surface area contributed by atoms with Crippen molar-refractivity contribution < 1.29 is 9.18 Å². The van der Waals surface area contributed by atoms with Crippen LogP contribution < -0.4 is 0 Å². The van der Waals surface area contributed by atoms with E-state index in [2.05, 4.69) is 27.5 Å². The van der Waals surface area contributed by atoms with Gasteiger partial charge in [0.25, 0.3) is 0 Å². The van der Waals surface area contributed by atoms with E-state index in [4.69, 9.17) is 0 Å². The maximum Gasteiger partial charge on any atom is 0.246 e. The number of halogens is 1. The quantitative estimate of drug-likeness (QED) is 0.713. The first-order valence-corrected chi connectivity index (χ1v) is 8.99. The fourth-order valence-corrected chi connectivity index (χ4v) is 3.56. The minimum absolute atomic E-state index is 0.0172. The standard InChI is InChI=1S/C20H20FN5O/c1-25(18-8-4-6-14-5-2-3-7-17(14)18)19(27)13-26-23-20(22-24-26)15-9-11-16(21)12-10-15/h2-3,5,7,9-12,18H,4,6,8,13H2,1H3/t18-/m0/s1. The maximum absolute atomic E-state index is 13.0. The normalized spacial score (nSPS) is 16.0. The third kappa shape index (κ3) is 3.58. The lowest BCUT2D eigenvalue weighted by molar-refractivity contribution is -0.133. The fraction of sp³-hybridized carbons (Fsp3) is 0.300. The third-order valence-corrected chi connectivity index (χ3v) is 5.03. The Morgan fingerprint density at radius 2 is 2.00 bits per heavy atom. The molecule has 0 bridgehead atoms. The number of hydrogen-bond acceptors (Lipinski definition) is 4. The van der Waals surface area contributed by atoms with Gasteiger partial charge in [-0.1, -0.05) is 24.3 Å². The summed E-state index contributed by atoms with van der Waals surface area (Å²) in [5.41, 5.74) is 3.19. The summed E-state index contributed by atoms with van der Waals surface area (Å²) in [5.74, 6) is -0.0241. The number of tetrazole rings is 1. The van der Waals surface area contributed by atoms with Crippen molar-refractivity contribution in [2.45, 2.75) is 31.8 Å². The van der Waals surface area contributed by atoms with Crippen LogP contribution in [0.25, 0.3) is 11.4 Å². The molecule has 3 aromatic rings. The fourth-order valence-electron chi connectivity index (χ4n) is 3.56. The Morgan fingerprint density at radius 1 is 1.22 bits per heavy atom. The highest BCUT2D eigenvalue weighted by Crippen LogP contribution is 2.33. The van der Waals surface area contributed by atoms with Gasteiger partial charge in [0, 0.05) is 12.6 Å². The first-order valence-electron chi connectivity index (χ1n) is 8.99. The molecule has 0 saturated carbocycles. The largest absolute Gasteiger partial charge is 0.337 e. The minimum atomic E-state index is -0.323. The van der Waals surface area contributed by atoms with Crippen LogP contribution in [0.5, 0.6) is 0 Å². The lowest BCUT2D eigenvalue weighted by Crippen LogP contribution is -2.36. The number of hydrogen-bond donors (Lipinski definition) is 0. The van der Waals surface area contributed by atoms with Crippen molar-refractivity contribution in [3.8, 4) is 11.4 Å². The predicted octanol–water partition coefficient (Wildman–Crippen LogP) is 3.02. The van der Waals surface area contributed by atoms with Crippen LogP contribution in [0.2, 0.25) is 0 Å². The second-order valence-corrected chi connectivity index (χ2v) is 6.76. The van der Waals surface area contributed by atoms with Crippen LogP contribution >= 0.6 is 0 Å². The Morgan fingerprint density at radius 3 is 2.81 bits per heavy atom. The zero-order valence-corrected chi connectivity index (χ0v) is 15.0. The van der Waals surface area contributed by atoms with Gasteiger partial charge in [-0.25, -0.2) is 4.39 Å². The van der Waals surface area contributed by atoms with Gasteiger partial charge >= 0.3 is 0 Å². The summed E-state index contributed by atoms with van der Waals surface area (Å²) in [5, 5.41) is 12.2. The van der Waals surface area contributed by atoms with Crippen molar-refractivity contribution in [2.75, 3.05) is 7.05 Å². The monoisotopic (exact) mass is 365 g/mol. The Balaban J connectivity index is 1.47. The van der Waals surface area contributed by atoms with E-state index in [0.717, 1.165) is 19.3 Å². The average Bonchev–Trinajstić information content (AvgIpc) is 3.16. The van der Waals surface area contributed by atoms with Gasteiger partial charge in [0.05, 0.1) is 6.04 Å². The van der Waals surface area contributed by atoms with Crippen molar-refractivity contribution in [3.63, 3.8) is 0 Å². The van der Waals surface area contributed by atoms with E-state index in [-0.39, 0.29) is 24.3 Å². The number of aryl methyl sites for hydroxylation is 1. The van der Waals surface area contributed by atoms with Gasteiger partial charge < -0.3 is 4.90 Å². The van der Waals surface area contributed by atoms with Crippen LogP contribution in [0.3, 0.4) is 0 Å². The molecule has 1 aliphatic carbocycles. The molecule has 0 spiro atoms. The molecule has 7 heteroatoms. The molecular formula is C20H20FN5O. The van der Waals surface area contributed by atoms with Gasteiger partial charge in [0.2, 0.25) is 11.7 Å². The lowest BCUT2D eigenvalue weighted by Gasteiger charge is -2.33. The second kappa shape index (κ2) is 7.26. The molecule has 1 aromatic heterocycles. The number of amides is 1. The summed E-state index contributed by atoms with van der Waals surface area (Å²) >= 11 is 0. The number of likely N-dealkylation sites (N-methyl/N-ethyl adjacent to an activating group) is 1. The van der Waals surface area contributed by atoms with Gasteiger partial charge in [-0.15, -0.1) is 10.2 Å². The molecule has 1 heterocycles. The number of aromatic nitrogens is 4. The predicted molar refractivity (Wildman–Crippen MR) is 98.1 cm³/mol. The molecule has 1 amide bonds. The van der Waals surface area contributed by atoms with Crippen LogP contribution in [-0.2, 0) is 17.8 Å². The molecule has 6 nitrogen and oxygen atoms in total. The zero-order chi connectivity index (χ0) is 18.8. The van der Waals surface area contributed by atoms with Crippen molar-refractivity contribution in [1.82, 2.24) is 25.1 Å². The lowest BCUT2D eigenvalue weighted by atomic mass is 9.87. The molecule has 4 rings (SSSR count). The Hall–Kier alpha value is -3.09. The third-order valence-electron chi connectivity index (χ3n) is 5.03. The highest BCUT2D eigenvalue weighted by atomic mass is 19.1. The second-order valence-electron chi connectivity index (χ2n) is 6.76. The van der Waals surface area contributed by atoms with E-state index in [1.165, 1.54) is 28.1 Å². The minimum Gasteiger partial charge on any atom is -0.337 e. The summed E-state index contributed by atoms with van der Waals surface area (Å²) in [4.78, 5) is 15.8. The molecule has 1 atom stereocenters. The molecule has 0 aliphatic heterocycles. The maximum atomic E-state index is 13.0. The summed E-state index contributed by atoms with van der Waals surface area (Å²) in [6, 6.07) is 14.2. The van der Waals surface area contributed by atoms with Crippen LogP contribution in [0, 0.1) is 5.82 Å². The topological polar surface area (TPSA) is 63.9 Å². The molecule has 1 aliphatic rings. The molecule has 138 valence electrons. The molecule has 0 radical (unpaired) electrons. The van der Waals surface area contributed by atoms with E-state index >= 15 is 0 Å². The van der Waals surface area contributed by atoms with Gasteiger partial charge in [0.15, 0.2) is 0 Å². The SMILES string of the molecule is CN(C(=O)Cn1nnc(-c2ccc(F)cc2)n1)[C@H]1CCCc2ccccc21. The van der Waals surface area contributed by atoms with Crippen molar-refractivity contribution in [1.29, 1.82) is 0 Å².